The molecule has 3 aromatic carbocycles. The number of rotatable bonds is 6. The number of hydrogen-bond acceptors (Lipinski definition) is 1. The summed E-state index contributed by atoms with van der Waals surface area (Å²) in [5, 5.41) is 13.4. The third kappa shape index (κ3) is 4.83. The Kier molecular flexibility index (Phi) is 6.37. The van der Waals surface area contributed by atoms with Gasteiger partial charge in [-0.05, 0) is 48.4 Å². The lowest BCUT2D eigenvalue weighted by Crippen LogP contribution is -2.14. The highest BCUT2D eigenvalue weighted by Crippen LogP contribution is 2.18. The summed E-state index contributed by atoms with van der Waals surface area (Å²) in [5.74, 6) is 0. The van der Waals surface area contributed by atoms with E-state index in [4.69, 9.17) is 0 Å². The molecule has 0 saturated carbocycles. The first-order valence-corrected chi connectivity index (χ1v) is 9.18. The van der Waals surface area contributed by atoms with Crippen LogP contribution in [-0.2, 0) is 0 Å². The largest absolute Gasteiger partial charge is 0.618 e. The van der Waals surface area contributed by atoms with Crippen molar-refractivity contribution in [3.8, 4) is 0 Å². The molecule has 134 valence electrons. The van der Waals surface area contributed by atoms with Crippen molar-refractivity contribution < 1.29 is 4.74 Å². The SMILES string of the molecule is CC/C=C(c1ccccc1)/[N+]([O-])=C(/C=C/c1ccccc1)c1ccccc1. The molecule has 27 heavy (non-hydrogen) atoms. The minimum Gasteiger partial charge on any atom is -0.618 e. The molecule has 0 saturated heterocycles. The lowest BCUT2D eigenvalue weighted by atomic mass is 10.1. The van der Waals surface area contributed by atoms with E-state index in [0.717, 1.165) is 27.9 Å². The van der Waals surface area contributed by atoms with Gasteiger partial charge in [0.15, 0.2) is 0 Å². The Hall–Kier alpha value is -3.39. The van der Waals surface area contributed by atoms with Gasteiger partial charge in [0.05, 0.1) is 0 Å². The minimum atomic E-state index is 0.614. The first-order chi connectivity index (χ1) is 13.3. The summed E-state index contributed by atoms with van der Waals surface area (Å²) < 4.78 is 1.04. The van der Waals surface area contributed by atoms with Crippen LogP contribution >= 0.6 is 0 Å². The smallest absolute Gasteiger partial charge is 0.224 e. The Morgan fingerprint density at radius 1 is 0.778 bits per heavy atom. The van der Waals surface area contributed by atoms with Gasteiger partial charge in [-0.15, -0.1) is 0 Å². The van der Waals surface area contributed by atoms with Crippen molar-refractivity contribution >= 4 is 17.5 Å². The topological polar surface area (TPSA) is 26.1 Å². The molecule has 0 aliphatic rings. The van der Waals surface area contributed by atoms with Gasteiger partial charge in [0.1, 0.15) is 0 Å². The molecule has 0 aliphatic heterocycles. The second-order valence-electron chi connectivity index (χ2n) is 6.15. The van der Waals surface area contributed by atoms with Gasteiger partial charge in [-0.3, -0.25) is 0 Å². The zero-order valence-corrected chi connectivity index (χ0v) is 15.5. The Morgan fingerprint density at radius 3 is 1.85 bits per heavy atom. The van der Waals surface area contributed by atoms with E-state index in [1.165, 1.54) is 0 Å². The number of allylic oxidation sites excluding steroid dienone is 2. The van der Waals surface area contributed by atoms with Gasteiger partial charge in [0, 0.05) is 17.2 Å². The maximum absolute atomic E-state index is 13.4. The molecule has 0 aliphatic carbocycles. The average molecular weight is 353 g/mol. The van der Waals surface area contributed by atoms with Crippen LogP contribution in [0.5, 0.6) is 0 Å². The fourth-order valence-electron chi connectivity index (χ4n) is 2.88. The Balaban J connectivity index is 2.12. The van der Waals surface area contributed by atoms with E-state index in [0.29, 0.717) is 11.4 Å². The van der Waals surface area contributed by atoms with Crippen molar-refractivity contribution in [1.82, 2.24) is 0 Å². The first kappa shape index (κ1) is 18.4. The third-order valence-corrected chi connectivity index (χ3v) is 4.21. The molecule has 2 nitrogen and oxygen atoms in total. The lowest BCUT2D eigenvalue weighted by Gasteiger charge is -2.12. The molecule has 0 aromatic heterocycles. The van der Waals surface area contributed by atoms with Gasteiger partial charge in [0.2, 0.25) is 11.4 Å². The molecule has 0 fully saturated rings. The maximum atomic E-state index is 13.4. The van der Waals surface area contributed by atoms with Crippen molar-refractivity contribution in [2.24, 2.45) is 0 Å². The van der Waals surface area contributed by atoms with E-state index >= 15 is 0 Å². The van der Waals surface area contributed by atoms with E-state index in [9.17, 15) is 5.21 Å². The van der Waals surface area contributed by atoms with Crippen molar-refractivity contribution in [1.29, 1.82) is 0 Å². The standard InChI is InChI=1S/C25H23NO/c1-2-12-24(22-15-8-4-9-16-22)26(27)25(23-17-10-5-11-18-23)20-19-21-13-6-3-7-14-21/h3-20H,2H2,1H3/b20-19+,24-12+,26-25+. The van der Waals surface area contributed by atoms with Crippen molar-refractivity contribution in [3.63, 3.8) is 0 Å². The van der Waals surface area contributed by atoms with Crippen LogP contribution in [0, 0.1) is 5.21 Å². The maximum Gasteiger partial charge on any atom is 0.224 e. The summed E-state index contributed by atoms with van der Waals surface area (Å²) >= 11 is 0. The highest BCUT2D eigenvalue weighted by Gasteiger charge is 2.16. The fraction of sp³-hybridized carbons (Fsp3) is 0.0800. The van der Waals surface area contributed by atoms with Crippen molar-refractivity contribution in [3.05, 3.63) is 125 Å². The minimum absolute atomic E-state index is 0.614. The van der Waals surface area contributed by atoms with Gasteiger partial charge >= 0.3 is 0 Å². The molecule has 0 unspecified atom stereocenters. The van der Waals surface area contributed by atoms with Crippen LogP contribution in [0.15, 0.2) is 103 Å². The van der Waals surface area contributed by atoms with Gasteiger partial charge in [-0.1, -0.05) is 73.7 Å². The summed E-state index contributed by atoms with van der Waals surface area (Å²) in [6, 6.07) is 29.6. The molecule has 0 radical (unpaired) electrons. The zero-order chi connectivity index (χ0) is 18.9. The molecule has 0 spiro atoms. The van der Waals surface area contributed by atoms with Crippen LogP contribution < -0.4 is 0 Å². The predicted octanol–water partition coefficient (Wildman–Crippen LogP) is 6.15. The van der Waals surface area contributed by atoms with E-state index < -0.39 is 0 Å². The molecule has 3 aromatic rings. The second-order valence-corrected chi connectivity index (χ2v) is 6.15. The Bertz CT molecular complexity index is 939. The van der Waals surface area contributed by atoms with E-state index in [2.05, 4.69) is 0 Å². The van der Waals surface area contributed by atoms with Crippen LogP contribution in [0.1, 0.15) is 30.0 Å². The van der Waals surface area contributed by atoms with Gasteiger partial charge < -0.3 is 5.21 Å². The molecule has 2 heteroatoms. The van der Waals surface area contributed by atoms with Crippen LogP contribution in [0.25, 0.3) is 11.8 Å². The molecule has 0 heterocycles. The molecule has 0 amide bonds. The highest BCUT2D eigenvalue weighted by molar-refractivity contribution is 6.08. The monoisotopic (exact) mass is 353 g/mol. The number of hydroxylamine groups is 1. The summed E-state index contributed by atoms with van der Waals surface area (Å²) in [4.78, 5) is 0. The second kappa shape index (κ2) is 9.35. The van der Waals surface area contributed by atoms with Crippen LogP contribution in [0.2, 0.25) is 0 Å². The molecular weight excluding hydrogens is 330 g/mol. The summed E-state index contributed by atoms with van der Waals surface area (Å²) in [6.07, 6.45) is 6.63. The Morgan fingerprint density at radius 2 is 1.30 bits per heavy atom. The fourth-order valence-corrected chi connectivity index (χ4v) is 2.88. The summed E-state index contributed by atoms with van der Waals surface area (Å²) in [7, 11) is 0. The quantitative estimate of drug-likeness (QED) is 0.226. The first-order valence-electron chi connectivity index (χ1n) is 9.18. The van der Waals surface area contributed by atoms with E-state index in [1.807, 2.05) is 116 Å². The predicted molar refractivity (Wildman–Crippen MR) is 114 cm³/mol. The summed E-state index contributed by atoms with van der Waals surface area (Å²) in [6.45, 7) is 2.04. The third-order valence-electron chi connectivity index (χ3n) is 4.21. The molecule has 0 atom stereocenters. The normalized spacial score (nSPS) is 12.9. The van der Waals surface area contributed by atoms with Gasteiger partial charge in [-0.25, -0.2) is 0 Å². The van der Waals surface area contributed by atoms with Crippen LogP contribution in [0.4, 0.5) is 0 Å². The molecule has 0 bridgehead atoms. The lowest BCUT2D eigenvalue weighted by molar-refractivity contribution is -0.349. The van der Waals surface area contributed by atoms with Crippen LogP contribution in [-0.4, -0.2) is 10.5 Å². The zero-order valence-electron chi connectivity index (χ0n) is 15.5. The van der Waals surface area contributed by atoms with E-state index in [-0.39, 0.29) is 0 Å². The number of benzene rings is 3. The van der Waals surface area contributed by atoms with Gasteiger partial charge in [-0.2, -0.15) is 4.74 Å². The average Bonchev–Trinajstić information content (AvgIpc) is 2.74. The van der Waals surface area contributed by atoms with Crippen molar-refractivity contribution in [2.45, 2.75) is 13.3 Å². The molecular formula is C25H23NO. The van der Waals surface area contributed by atoms with E-state index in [1.54, 1.807) is 0 Å². The van der Waals surface area contributed by atoms with Gasteiger partial charge in [0.25, 0.3) is 0 Å². The molecule has 0 N–H and O–H groups in total. The van der Waals surface area contributed by atoms with Crippen molar-refractivity contribution in [2.75, 3.05) is 0 Å². The Labute approximate surface area is 161 Å². The summed E-state index contributed by atoms with van der Waals surface area (Å²) in [5.41, 5.74) is 4.13. The van der Waals surface area contributed by atoms with Crippen LogP contribution in [0.3, 0.4) is 0 Å². The molecule has 3 rings (SSSR count). The number of hydrogen-bond donors (Lipinski definition) is 0. The highest BCUT2D eigenvalue weighted by atomic mass is 16.5. The number of nitrogens with zero attached hydrogens (tertiary/aromatic N) is 1.